The minimum absolute atomic E-state index is 0.222. The third-order valence-corrected chi connectivity index (χ3v) is 7.39. The number of hydrogen-bond donors (Lipinski definition) is 3. The summed E-state index contributed by atoms with van der Waals surface area (Å²) in [5, 5.41) is 12.5. The van der Waals surface area contributed by atoms with Crippen LogP contribution in [0, 0.1) is 4.77 Å². The summed E-state index contributed by atoms with van der Waals surface area (Å²) in [5.41, 5.74) is 4.61. The summed E-state index contributed by atoms with van der Waals surface area (Å²) in [7, 11) is 0. The molecule has 6 heterocycles. The fraction of sp³-hybridized carbons (Fsp3) is 0.348. The van der Waals surface area contributed by atoms with Gasteiger partial charge in [0.15, 0.2) is 27.3 Å². The van der Waals surface area contributed by atoms with E-state index in [4.69, 9.17) is 23.8 Å². The lowest BCUT2D eigenvalue weighted by Gasteiger charge is -1.99. The van der Waals surface area contributed by atoms with E-state index < -0.39 is 0 Å². The van der Waals surface area contributed by atoms with E-state index in [1.165, 1.54) is 32.6 Å². The van der Waals surface area contributed by atoms with Gasteiger partial charge in [0.25, 0.3) is 0 Å². The number of halogens is 1. The first kappa shape index (κ1) is 30.4. The molecular weight excluding hydrogens is 608 g/mol. The number of rotatable bonds is 5. The van der Waals surface area contributed by atoms with Crippen LogP contribution in [0.3, 0.4) is 0 Å². The summed E-state index contributed by atoms with van der Waals surface area (Å²) in [6, 6.07) is 0. The van der Waals surface area contributed by atoms with Gasteiger partial charge in [-0.25, -0.2) is 24.5 Å². The SMILES string of the molecule is CCc1c[nH]n2c(=O)[nH]c(=S)nc12.CCc1cnn2c(=O)[nH]c(SC)nc12.CCc1cnn2c(Cl)nc(SC)nc12. The van der Waals surface area contributed by atoms with Gasteiger partial charge >= 0.3 is 11.4 Å². The molecule has 6 aromatic heterocycles. The van der Waals surface area contributed by atoms with Crippen molar-refractivity contribution in [1.82, 2.24) is 58.7 Å². The van der Waals surface area contributed by atoms with Gasteiger partial charge in [-0.1, -0.05) is 44.3 Å². The monoisotopic (exact) mass is 634 g/mol. The van der Waals surface area contributed by atoms with E-state index in [2.05, 4.69) is 52.1 Å². The standard InChI is InChI=1S/C8H9ClN4S.C8H10N4OS.C7H8N4OS/c1-3-5-4-10-13-6(5)11-8(14-2)12-7(13)9;1-3-5-4-9-12-6(5)10-7(14-2)11-8(12)13;1-2-4-3-8-11-5(4)9-6(13)10-7(11)12/h4H,3H2,1-2H3;4H,3H2,1-2H3,(H,10,11,13);3,8H,2H2,1H3,(H,10,12,13). The largest absolute Gasteiger partial charge is 0.350 e. The molecule has 0 atom stereocenters. The van der Waals surface area contributed by atoms with Crippen molar-refractivity contribution in [2.24, 2.45) is 0 Å². The first-order valence-electron chi connectivity index (χ1n) is 12.4. The third-order valence-electron chi connectivity index (χ3n) is 5.82. The van der Waals surface area contributed by atoms with Crippen molar-refractivity contribution in [3.05, 3.63) is 66.3 Å². The highest BCUT2D eigenvalue weighted by Crippen LogP contribution is 2.17. The number of aryl methyl sites for hydroxylation is 3. The molecule has 0 fully saturated rings. The number of hydrogen-bond acceptors (Lipinski definition) is 11. The Morgan fingerprint density at radius 1 is 0.805 bits per heavy atom. The van der Waals surface area contributed by atoms with Gasteiger partial charge in [0.05, 0.1) is 12.4 Å². The van der Waals surface area contributed by atoms with E-state index in [1.54, 1.807) is 23.1 Å². The molecule has 0 amide bonds. The van der Waals surface area contributed by atoms with E-state index in [0.29, 0.717) is 26.9 Å². The van der Waals surface area contributed by atoms with Crippen LogP contribution in [-0.4, -0.2) is 71.3 Å². The van der Waals surface area contributed by atoms with Crippen LogP contribution >= 0.6 is 47.3 Å². The molecule has 6 aromatic rings. The molecule has 0 aliphatic carbocycles. The van der Waals surface area contributed by atoms with Crippen LogP contribution in [0.4, 0.5) is 0 Å². The molecule has 0 bridgehead atoms. The Balaban J connectivity index is 0.000000142. The normalized spacial score (nSPS) is 11.0. The van der Waals surface area contributed by atoms with Crippen LogP contribution in [0.15, 0.2) is 38.5 Å². The van der Waals surface area contributed by atoms with Gasteiger partial charge in [0, 0.05) is 22.9 Å². The summed E-state index contributed by atoms with van der Waals surface area (Å²) in [4.78, 5) is 44.6. The van der Waals surface area contributed by atoms with Gasteiger partial charge in [-0.15, -0.1) is 0 Å². The van der Waals surface area contributed by atoms with Crippen LogP contribution < -0.4 is 11.4 Å². The molecule has 14 nitrogen and oxygen atoms in total. The minimum atomic E-state index is -0.283. The highest BCUT2D eigenvalue weighted by Gasteiger charge is 2.10. The van der Waals surface area contributed by atoms with Gasteiger partial charge in [0.2, 0.25) is 10.1 Å². The van der Waals surface area contributed by atoms with Gasteiger partial charge in [0.1, 0.15) is 0 Å². The predicted octanol–water partition coefficient (Wildman–Crippen LogP) is 3.41. The topological polar surface area (TPSA) is 172 Å². The fourth-order valence-corrected chi connectivity index (χ4v) is 4.84. The lowest BCUT2D eigenvalue weighted by atomic mass is 10.3. The fourth-order valence-electron chi connectivity index (χ4n) is 3.69. The summed E-state index contributed by atoms with van der Waals surface area (Å²) >= 11 is 13.6. The number of nitrogens with zero attached hydrogens (tertiary/aromatic N) is 9. The summed E-state index contributed by atoms with van der Waals surface area (Å²) in [5.74, 6) is 0. The van der Waals surface area contributed by atoms with Crippen LogP contribution in [0.25, 0.3) is 16.9 Å². The van der Waals surface area contributed by atoms with Crippen molar-refractivity contribution in [1.29, 1.82) is 0 Å². The van der Waals surface area contributed by atoms with Crippen molar-refractivity contribution in [2.45, 2.75) is 50.3 Å². The van der Waals surface area contributed by atoms with Gasteiger partial charge in [-0.3, -0.25) is 15.1 Å². The van der Waals surface area contributed by atoms with Crippen molar-refractivity contribution < 1.29 is 0 Å². The summed E-state index contributed by atoms with van der Waals surface area (Å²) < 4.78 is 4.41. The highest BCUT2D eigenvalue weighted by atomic mass is 35.5. The second kappa shape index (κ2) is 13.4. The van der Waals surface area contributed by atoms with Crippen molar-refractivity contribution in [3.63, 3.8) is 0 Å². The van der Waals surface area contributed by atoms with Crippen LogP contribution in [0.5, 0.6) is 0 Å². The Morgan fingerprint density at radius 3 is 2.05 bits per heavy atom. The summed E-state index contributed by atoms with van der Waals surface area (Å²) in [6.07, 6.45) is 11.5. The molecule has 0 aliphatic rings. The number of nitrogens with one attached hydrogen (secondary N) is 3. The maximum Gasteiger partial charge on any atom is 0.350 e. The number of aromatic amines is 3. The molecule has 0 saturated carbocycles. The highest BCUT2D eigenvalue weighted by molar-refractivity contribution is 7.98. The molecule has 18 heteroatoms. The zero-order valence-corrected chi connectivity index (χ0v) is 26.0. The van der Waals surface area contributed by atoms with E-state index >= 15 is 0 Å². The number of fused-ring (bicyclic) bond motifs is 3. The zero-order valence-electron chi connectivity index (χ0n) is 22.8. The molecule has 41 heavy (non-hydrogen) atoms. The smallest absolute Gasteiger partial charge is 0.295 e. The Bertz CT molecular complexity index is 1990. The molecule has 6 rings (SSSR count). The lowest BCUT2D eigenvalue weighted by Crippen LogP contribution is -2.19. The minimum Gasteiger partial charge on any atom is -0.295 e. The van der Waals surface area contributed by atoms with Crippen molar-refractivity contribution in [2.75, 3.05) is 12.5 Å². The first-order valence-corrected chi connectivity index (χ1v) is 15.6. The van der Waals surface area contributed by atoms with E-state index in [0.717, 1.165) is 41.6 Å². The second-order valence-corrected chi connectivity index (χ2v) is 10.5. The lowest BCUT2D eigenvalue weighted by molar-refractivity contribution is 0.786. The molecular formula is C23H27ClN12O2S3. The molecule has 0 aromatic carbocycles. The maximum atomic E-state index is 11.5. The van der Waals surface area contributed by atoms with Crippen molar-refractivity contribution >= 4 is 64.3 Å². The first-order chi connectivity index (χ1) is 19.7. The van der Waals surface area contributed by atoms with E-state index in [9.17, 15) is 9.59 Å². The van der Waals surface area contributed by atoms with Gasteiger partial charge < -0.3 is 0 Å². The molecule has 216 valence electrons. The van der Waals surface area contributed by atoms with Crippen LogP contribution in [-0.2, 0) is 19.3 Å². The van der Waals surface area contributed by atoms with Crippen LogP contribution in [0.2, 0.25) is 5.28 Å². The maximum absolute atomic E-state index is 11.5. The predicted molar refractivity (Wildman–Crippen MR) is 162 cm³/mol. The molecule has 0 saturated heterocycles. The average Bonchev–Trinajstić information content (AvgIpc) is 3.70. The zero-order chi connectivity index (χ0) is 29.7. The molecule has 0 aliphatic heterocycles. The number of aromatic nitrogens is 12. The Kier molecular flexibility index (Phi) is 9.95. The molecule has 0 radical (unpaired) electrons. The van der Waals surface area contributed by atoms with Crippen LogP contribution in [0.1, 0.15) is 37.5 Å². The number of H-pyrrole nitrogens is 3. The molecule has 0 spiro atoms. The Morgan fingerprint density at radius 2 is 1.44 bits per heavy atom. The van der Waals surface area contributed by atoms with Crippen molar-refractivity contribution in [3.8, 4) is 0 Å². The Labute approximate surface area is 251 Å². The van der Waals surface area contributed by atoms with Gasteiger partial charge in [-0.05, 0) is 55.6 Å². The quantitative estimate of drug-likeness (QED) is 0.187. The summed E-state index contributed by atoms with van der Waals surface area (Å²) in [6.45, 7) is 6.07. The Hall–Kier alpha value is -3.54. The third kappa shape index (κ3) is 6.52. The molecule has 0 unspecified atom stereocenters. The van der Waals surface area contributed by atoms with E-state index in [1.807, 2.05) is 26.4 Å². The number of thioether (sulfide) groups is 2. The molecule has 3 N–H and O–H groups in total. The second-order valence-electron chi connectivity index (χ2n) is 8.21. The van der Waals surface area contributed by atoms with E-state index in [-0.39, 0.29) is 16.2 Å². The van der Waals surface area contributed by atoms with Gasteiger partial charge in [-0.2, -0.15) is 28.7 Å². The average molecular weight is 635 g/mol.